The first-order chi connectivity index (χ1) is 7.70. The lowest BCUT2D eigenvalue weighted by molar-refractivity contribution is 0.530. The third-order valence-electron chi connectivity index (χ3n) is 2.76. The number of aryl methyl sites for hydroxylation is 1. The molecule has 16 heavy (non-hydrogen) atoms. The summed E-state index contributed by atoms with van der Waals surface area (Å²) in [6.45, 7) is 2.15. The molecular weight excluding hydrogens is 309 g/mol. The van der Waals surface area contributed by atoms with Crippen molar-refractivity contribution in [2.75, 3.05) is 7.05 Å². The van der Waals surface area contributed by atoms with Gasteiger partial charge in [-0.15, -0.1) is 12.3 Å². The van der Waals surface area contributed by atoms with Gasteiger partial charge < -0.3 is 5.32 Å². The molecule has 0 bridgehead atoms. The maximum atomic E-state index is 5.28. The van der Waals surface area contributed by atoms with Gasteiger partial charge in [0.2, 0.25) is 0 Å². The predicted molar refractivity (Wildman–Crippen MR) is 78.4 cm³/mol. The topological polar surface area (TPSA) is 12.0 Å². The zero-order chi connectivity index (χ0) is 12.0. The molecule has 0 aliphatic heterocycles. The average Bonchev–Trinajstić information content (AvgIpc) is 2.29. The highest BCUT2D eigenvalue weighted by molar-refractivity contribution is 14.1. The van der Waals surface area contributed by atoms with E-state index in [1.165, 1.54) is 14.7 Å². The van der Waals surface area contributed by atoms with E-state index >= 15 is 0 Å². The first-order valence-corrected chi connectivity index (χ1v) is 6.64. The van der Waals surface area contributed by atoms with E-state index in [1.807, 2.05) is 7.05 Å². The normalized spacial score (nSPS) is 12.1. The van der Waals surface area contributed by atoms with Crippen molar-refractivity contribution in [2.24, 2.45) is 0 Å². The molecule has 1 rings (SSSR count). The Morgan fingerprint density at radius 1 is 1.50 bits per heavy atom. The molecule has 0 spiro atoms. The number of nitrogens with one attached hydrogen (secondary N) is 1. The van der Waals surface area contributed by atoms with E-state index in [9.17, 15) is 0 Å². The van der Waals surface area contributed by atoms with Crippen LogP contribution < -0.4 is 5.32 Å². The minimum absolute atomic E-state index is 0.417. The Morgan fingerprint density at radius 2 is 2.25 bits per heavy atom. The van der Waals surface area contributed by atoms with Crippen molar-refractivity contribution in [1.29, 1.82) is 0 Å². The molecule has 1 aromatic rings. The molecule has 1 N–H and O–H groups in total. The zero-order valence-electron chi connectivity index (χ0n) is 9.89. The smallest absolute Gasteiger partial charge is 0.0328 e. The summed E-state index contributed by atoms with van der Waals surface area (Å²) in [6, 6.07) is 6.89. The van der Waals surface area contributed by atoms with Crippen LogP contribution in [-0.2, 0) is 0 Å². The van der Waals surface area contributed by atoms with Crippen molar-refractivity contribution in [3.05, 3.63) is 32.9 Å². The van der Waals surface area contributed by atoms with Gasteiger partial charge in [-0.05, 0) is 60.5 Å². The van der Waals surface area contributed by atoms with Gasteiger partial charge in [-0.2, -0.15) is 0 Å². The van der Waals surface area contributed by atoms with E-state index in [-0.39, 0.29) is 0 Å². The fourth-order valence-electron chi connectivity index (χ4n) is 1.80. The van der Waals surface area contributed by atoms with Gasteiger partial charge in [0, 0.05) is 16.0 Å². The molecule has 1 aromatic carbocycles. The number of unbranched alkanes of at least 4 members (excludes halogenated alkanes) is 1. The van der Waals surface area contributed by atoms with Crippen LogP contribution in [0.4, 0.5) is 0 Å². The molecule has 1 atom stereocenters. The second-order valence-corrected chi connectivity index (χ2v) is 4.99. The van der Waals surface area contributed by atoms with Crippen LogP contribution in [0.15, 0.2) is 18.2 Å². The van der Waals surface area contributed by atoms with Crippen LogP contribution in [0.2, 0.25) is 0 Å². The van der Waals surface area contributed by atoms with Crippen LogP contribution in [0.1, 0.15) is 36.4 Å². The Hall–Kier alpha value is -0.530. The Morgan fingerprint density at radius 3 is 2.88 bits per heavy atom. The molecule has 0 saturated heterocycles. The lowest BCUT2D eigenvalue weighted by Gasteiger charge is -2.18. The molecule has 0 amide bonds. The molecule has 86 valence electrons. The van der Waals surface area contributed by atoms with E-state index in [4.69, 9.17) is 6.42 Å². The zero-order valence-corrected chi connectivity index (χ0v) is 12.0. The molecule has 0 aliphatic rings. The highest BCUT2D eigenvalue weighted by Crippen LogP contribution is 2.26. The summed E-state index contributed by atoms with van der Waals surface area (Å²) in [4.78, 5) is 0. The van der Waals surface area contributed by atoms with Crippen LogP contribution in [0.3, 0.4) is 0 Å². The van der Waals surface area contributed by atoms with Gasteiger partial charge in [0.1, 0.15) is 0 Å². The fourth-order valence-corrected chi connectivity index (χ4v) is 2.54. The number of hydrogen-bond donors (Lipinski definition) is 1. The van der Waals surface area contributed by atoms with Gasteiger partial charge in [-0.1, -0.05) is 18.2 Å². The standard InChI is InChI=1S/C14H18IN/c1-4-5-6-10-13(16-3)12-9-7-8-11(2)14(12)15/h1,7-9,13,16H,5-6,10H2,2-3H3. The predicted octanol–water partition coefficient (Wildman–Crippen LogP) is 3.66. The van der Waals surface area contributed by atoms with Gasteiger partial charge in [0.25, 0.3) is 0 Å². The largest absolute Gasteiger partial charge is 0.313 e. The number of terminal acetylenes is 1. The molecule has 0 aromatic heterocycles. The lowest BCUT2D eigenvalue weighted by atomic mass is 9.99. The Balaban J connectivity index is 2.79. The number of halogens is 1. The molecule has 0 heterocycles. The Kier molecular flexibility index (Phi) is 5.86. The van der Waals surface area contributed by atoms with Crippen LogP contribution in [0, 0.1) is 22.8 Å². The number of benzene rings is 1. The maximum absolute atomic E-state index is 5.28. The number of rotatable bonds is 5. The van der Waals surface area contributed by atoms with Crippen LogP contribution in [-0.4, -0.2) is 7.05 Å². The third-order valence-corrected chi connectivity index (χ3v) is 4.23. The van der Waals surface area contributed by atoms with Crippen LogP contribution in [0.5, 0.6) is 0 Å². The summed E-state index contributed by atoms with van der Waals surface area (Å²) in [5.74, 6) is 2.69. The molecule has 0 fully saturated rings. The maximum Gasteiger partial charge on any atom is 0.0328 e. The third kappa shape index (κ3) is 3.50. The Bertz CT molecular complexity index is 379. The number of hydrogen-bond acceptors (Lipinski definition) is 1. The van der Waals surface area contributed by atoms with E-state index in [2.05, 4.69) is 59.0 Å². The van der Waals surface area contributed by atoms with Gasteiger partial charge >= 0.3 is 0 Å². The monoisotopic (exact) mass is 327 g/mol. The molecule has 0 aliphatic carbocycles. The van der Waals surface area contributed by atoms with Crippen molar-refractivity contribution in [1.82, 2.24) is 5.32 Å². The highest BCUT2D eigenvalue weighted by Gasteiger charge is 2.12. The van der Waals surface area contributed by atoms with Crippen LogP contribution in [0.25, 0.3) is 0 Å². The van der Waals surface area contributed by atoms with E-state index in [0.717, 1.165) is 19.3 Å². The minimum Gasteiger partial charge on any atom is -0.313 e. The molecule has 0 radical (unpaired) electrons. The van der Waals surface area contributed by atoms with Gasteiger partial charge in [0.15, 0.2) is 0 Å². The molecule has 2 heteroatoms. The summed E-state index contributed by atoms with van der Waals surface area (Å²) in [6.07, 6.45) is 8.31. The summed E-state index contributed by atoms with van der Waals surface area (Å²) in [5, 5.41) is 3.37. The van der Waals surface area contributed by atoms with Gasteiger partial charge in [-0.25, -0.2) is 0 Å². The van der Waals surface area contributed by atoms with E-state index in [0.29, 0.717) is 6.04 Å². The molecular formula is C14H18IN. The van der Waals surface area contributed by atoms with Crippen molar-refractivity contribution in [3.8, 4) is 12.3 Å². The Labute approximate surface area is 112 Å². The first-order valence-electron chi connectivity index (χ1n) is 5.56. The molecule has 1 unspecified atom stereocenters. The summed E-state index contributed by atoms with van der Waals surface area (Å²) < 4.78 is 1.36. The highest BCUT2D eigenvalue weighted by atomic mass is 127. The lowest BCUT2D eigenvalue weighted by Crippen LogP contribution is -2.17. The van der Waals surface area contributed by atoms with Crippen molar-refractivity contribution in [3.63, 3.8) is 0 Å². The summed E-state index contributed by atoms with van der Waals surface area (Å²) in [5.41, 5.74) is 2.73. The summed E-state index contributed by atoms with van der Waals surface area (Å²) in [7, 11) is 2.01. The SMILES string of the molecule is C#CCCCC(NC)c1cccc(C)c1I. The van der Waals surface area contributed by atoms with Gasteiger partial charge in [0.05, 0.1) is 0 Å². The average molecular weight is 327 g/mol. The summed E-state index contributed by atoms with van der Waals surface area (Å²) >= 11 is 2.42. The second kappa shape index (κ2) is 6.93. The van der Waals surface area contributed by atoms with E-state index in [1.54, 1.807) is 0 Å². The second-order valence-electron chi connectivity index (χ2n) is 3.92. The first kappa shape index (κ1) is 13.5. The van der Waals surface area contributed by atoms with Crippen molar-refractivity contribution < 1.29 is 0 Å². The quantitative estimate of drug-likeness (QED) is 0.494. The van der Waals surface area contributed by atoms with Crippen molar-refractivity contribution >= 4 is 22.6 Å². The molecule has 1 nitrogen and oxygen atoms in total. The minimum atomic E-state index is 0.417. The van der Waals surface area contributed by atoms with Gasteiger partial charge in [-0.3, -0.25) is 0 Å². The van der Waals surface area contributed by atoms with Crippen LogP contribution >= 0.6 is 22.6 Å². The van der Waals surface area contributed by atoms with E-state index < -0.39 is 0 Å². The fraction of sp³-hybridized carbons (Fsp3) is 0.429. The van der Waals surface area contributed by atoms with Crippen molar-refractivity contribution in [2.45, 2.75) is 32.2 Å². The molecule has 0 saturated carbocycles.